The van der Waals surface area contributed by atoms with Crippen molar-refractivity contribution in [3.8, 4) is 0 Å². The zero-order valence-electron chi connectivity index (χ0n) is 9.90. The Morgan fingerprint density at radius 1 is 1.59 bits per heavy atom. The van der Waals surface area contributed by atoms with E-state index in [1.807, 2.05) is 19.1 Å². The fraction of sp³-hybridized carbons (Fsp3) is 0.417. The molecule has 0 aromatic heterocycles. The number of hydrogen-bond donors (Lipinski definition) is 3. The molecule has 4 nitrogen and oxygen atoms in total. The van der Waals surface area contributed by atoms with Crippen LogP contribution in [0.5, 0.6) is 0 Å². The van der Waals surface area contributed by atoms with Crippen molar-refractivity contribution < 1.29 is 9.90 Å². The average Bonchev–Trinajstić information content (AvgIpc) is 2.28. The Balaban J connectivity index is 2.67. The summed E-state index contributed by atoms with van der Waals surface area (Å²) in [5.74, 6) is -0.198. The van der Waals surface area contributed by atoms with Crippen LogP contribution in [0.3, 0.4) is 0 Å². The van der Waals surface area contributed by atoms with Gasteiger partial charge in [-0.25, -0.2) is 0 Å². The normalized spacial score (nSPS) is 14.2. The van der Waals surface area contributed by atoms with Gasteiger partial charge in [-0.15, -0.1) is 0 Å². The fourth-order valence-electron chi connectivity index (χ4n) is 1.29. The minimum absolute atomic E-state index is 0.198. The van der Waals surface area contributed by atoms with Gasteiger partial charge in [-0.1, -0.05) is 11.6 Å². The second kappa shape index (κ2) is 6.14. The van der Waals surface area contributed by atoms with Gasteiger partial charge in [0.2, 0.25) is 0 Å². The standard InChI is InChI=1S/C12H17BrN2O2/c1-7-3-4-10(13)9(5-7)12(17)15-6-11(14)8(2)16/h3-5,8,11,16H,6,14H2,1-2H3,(H,15,17). The van der Waals surface area contributed by atoms with Crippen molar-refractivity contribution in [3.05, 3.63) is 33.8 Å². The summed E-state index contributed by atoms with van der Waals surface area (Å²) in [7, 11) is 0. The lowest BCUT2D eigenvalue weighted by atomic mass is 10.1. The largest absolute Gasteiger partial charge is 0.392 e. The lowest BCUT2D eigenvalue weighted by molar-refractivity contribution is 0.0936. The third-order valence-corrected chi connectivity index (χ3v) is 3.18. The van der Waals surface area contributed by atoms with Crippen molar-refractivity contribution in [1.82, 2.24) is 5.32 Å². The summed E-state index contributed by atoms with van der Waals surface area (Å²) in [4.78, 5) is 11.9. The van der Waals surface area contributed by atoms with Gasteiger partial charge in [0.1, 0.15) is 0 Å². The zero-order chi connectivity index (χ0) is 13.0. The molecule has 0 saturated carbocycles. The van der Waals surface area contributed by atoms with E-state index in [9.17, 15) is 9.90 Å². The maximum Gasteiger partial charge on any atom is 0.252 e. The van der Waals surface area contributed by atoms with E-state index in [4.69, 9.17) is 5.73 Å². The summed E-state index contributed by atoms with van der Waals surface area (Å²) in [6.07, 6.45) is -0.642. The highest BCUT2D eigenvalue weighted by molar-refractivity contribution is 9.10. The van der Waals surface area contributed by atoms with Crippen LogP contribution in [-0.4, -0.2) is 29.7 Å². The number of rotatable bonds is 4. The fourth-order valence-corrected chi connectivity index (χ4v) is 1.72. The number of aliphatic hydroxyl groups is 1. The Labute approximate surface area is 109 Å². The number of halogens is 1. The predicted octanol–water partition coefficient (Wildman–Crippen LogP) is 1.20. The number of benzene rings is 1. The molecule has 1 aromatic carbocycles. The first-order valence-electron chi connectivity index (χ1n) is 5.40. The molecular weight excluding hydrogens is 284 g/mol. The van der Waals surface area contributed by atoms with Crippen LogP contribution in [0.4, 0.5) is 0 Å². The molecule has 2 unspecified atom stereocenters. The third kappa shape index (κ3) is 4.11. The highest BCUT2D eigenvalue weighted by Gasteiger charge is 2.13. The molecule has 0 fully saturated rings. The molecule has 4 N–H and O–H groups in total. The molecule has 0 aliphatic carbocycles. The molecule has 2 atom stereocenters. The van der Waals surface area contributed by atoms with Gasteiger partial charge in [-0.2, -0.15) is 0 Å². The number of nitrogens with one attached hydrogen (secondary N) is 1. The number of aliphatic hydroxyl groups excluding tert-OH is 1. The number of aryl methyl sites for hydroxylation is 1. The zero-order valence-corrected chi connectivity index (χ0v) is 11.5. The van der Waals surface area contributed by atoms with E-state index in [2.05, 4.69) is 21.2 Å². The molecule has 1 amide bonds. The Hall–Kier alpha value is -0.910. The molecule has 0 heterocycles. The molecule has 17 heavy (non-hydrogen) atoms. The van der Waals surface area contributed by atoms with Crippen LogP contribution < -0.4 is 11.1 Å². The maximum atomic E-state index is 11.9. The minimum atomic E-state index is -0.642. The second-order valence-electron chi connectivity index (χ2n) is 4.10. The molecule has 0 aliphatic rings. The van der Waals surface area contributed by atoms with E-state index in [0.717, 1.165) is 10.0 Å². The van der Waals surface area contributed by atoms with Gasteiger partial charge >= 0.3 is 0 Å². The van der Waals surface area contributed by atoms with E-state index >= 15 is 0 Å². The highest BCUT2D eigenvalue weighted by atomic mass is 79.9. The van der Waals surface area contributed by atoms with Gasteiger partial charge in [0, 0.05) is 17.1 Å². The summed E-state index contributed by atoms with van der Waals surface area (Å²) >= 11 is 3.33. The summed E-state index contributed by atoms with van der Waals surface area (Å²) in [5.41, 5.74) is 7.22. The van der Waals surface area contributed by atoms with Gasteiger partial charge in [-0.05, 0) is 41.9 Å². The molecule has 0 radical (unpaired) electrons. The van der Waals surface area contributed by atoms with Crippen LogP contribution in [0.2, 0.25) is 0 Å². The van der Waals surface area contributed by atoms with Crippen LogP contribution in [0.1, 0.15) is 22.8 Å². The molecule has 0 spiro atoms. The first-order valence-corrected chi connectivity index (χ1v) is 6.19. The Morgan fingerprint density at radius 2 is 2.24 bits per heavy atom. The number of carbonyl (C=O) groups excluding carboxylic acids is 1. The van der Waals surface area contributed by atoms with Crippen LogP contribution in [-0.2, 0) is 0 Å². The lowest BCUT2D eigenvalue weighted by Gasteiger charge is -2.15. The van der Waals surface area contributed by atoms with Crippen molar-refractivity contribution in [1.29, 1.82) is 0 Å². The molecule has 0 bridgehead atoms. The van der Waals surface area contributed by atoms with Crippen molar-refractivity contribution in [2.75, 3.05) is 6.54 Å². The quantitative estimate of drug-likeness (QED) is 0.782. The molecule has 94 valence electrons. The van der Waals surface area contributed by atoms with Crippen molar-refractivity contribution in [3.63, 3.8) is 0 Å². The van der Waals surface area contributed by atoms with Crippen molar-refractivity contribution in [2.45, 2.75) is 26.0 Å². The SMILES string of the molecule is Cc1ccc(Br)c(C(=O)NCC(N)C(C)O)c1. The number of carbonyl (C=O) groups is 1. The summed E-state index contributed by atoms with van der Waals surface area (Å²) < 4.78 is 0.742. The van der Waals surface area contributed by atoms with Crippen LogP contribution in [0, 0.1) is 6.92 Å². The van der Waals surface area contributed by atoms with Crippen LogP contribution >= 0.6 is 15.9 Å². The maximum absolute atomic E-state index is 11.9. The smallest absolute Gasteiger partial charge is 0.252 e. The monoisotopic (exact) mass is 300 g/mol. The average molecular weight is 301 g/mol. The Morgan fingerprint density at radius 3 is 2.82 bits per heavy atom. The molecule has 1 rings (SSSR count). The van der Waals surface area contributed by atoms with Crippen molar-refractivity contribution >= 4 is 21.8 Å². The summed E-state index contributed by atoms with van der Waals surface area (Å²) in [6.45, 7) is 3.76. The number of amides is 1. The van der Waals surface area contributed by atoms with Crippen LogP contribution in [0.15, 0.2) is 22.7 Å². The molecule has 1 aromatic rings. The summed E-state index contributed by atoms with van der Waals surface area (Å²) in [5, 5.41) is 11.9. The molecular formula is C12H17BrN2O2. The van der Waals surface area contributed by atoms with Gasteiger partial charge < -0.3 is 16.2 Å². The van der Waals surface area contributed by atoms with E-state index < -0.39 is 12.1 Å². The minimum Gasteiger partial charge on any atom is -0.392 e. The number of nitrogens with two attached hydrogens (primary N) is 1. The molecule has 0 aliphatic heterocycles. The first kappa shape index (κ1) is 14.2. The van der Waals surface area contributed by atoms with E-state index in [0.29, 0.717) is 5.56 Å². The van der Waals surface area contributed by atoms with Crippen LogP contribution in [0.25, 0.3) is 0 Å². The number of hydrogen-bond acceptors (Lipinski definition) is 3. The highest BCUT2D eigenvalue weighted by Crippen LogP contribution is 2.17. The Bertz CT molecular complexity index is 407. The van der Waals surface area contributed by atoms with Gasteiger partial charge in [0.05, 0.1) is 11.7 Å². The first-order chi connectivity index (χ1) is 7.91. The molecule has 5 heteroatoms. The van der Waals surface area contributed by atoms with Crippen molar-refractivity contribution in [2.24, 2.45) is 5.73 Å². The van der Waals surface area contributed by atoms with E-state index in [1.165, 1.54) is 0 Å². The van der Waals surface area contributed by atoms with Gasteiger partial charge in [0.15, 0.2) is 0 Å². The third-order valence-electron chi connectivity index (χ3n) is 2.48. The van der Waals surface area contributed by atoms with Gasteiger partial charge in [-0.3, -0.25) is 4.79 Å². The predicted molar refractivity (Wildman–Crippen MR) is 70.9 cm³/mol. The lowest BCUT2D eigenvalue weighted by Crippen LogP contribution is -2.43. The second-order valence-corrected chi connectivity index (χ2v) is 4.95. The van der Waals surface area contributed by atoms with Gasteiger partial charge in [0.25, 0.3) is 5.91 Å². The van der Waals surface area contributed by atoms with E-state index in [1.54, 1.807) is 13.0 Å². The Kier molecular flexibility index (Phi) is 5.11. The molecule has 0 saturated heterocycles. The topological polar surface area (TPSA) is 75.4 Å². The summed E-state index contributed by atoms with van der Waals surface area (Å²) in [6, 6.07) is 5.09. The van der Waals surface area contributed by atoms with E-state index in [-0.39, 0.29) is 12.5 Å².